The number of imidazole rings is 1. The van der Waals surface area contributed by atoms with E-state index in [9.17, 15) is 5.11 Å². The Morgan fingerprint density at radius 3 is 1.88 bits per heavy atom. The van der Waals surface area contributed by atoms with Gasteiger partial charge < -0.3 is 5.11 Å². The maximum Gasteiger partial charge on any atom is 0.148 e. The Hall–Kier alpha value is -4.79. The Bertz CT molecular complexity index is 2910. The molecule has 0 bridgehead atoms. The van der Waals surface area contributed by atoms with Crippen LogP contribution >= 0.6 is 0 Å². The summed E-state index contributed by atoms with van der Waals surface area (Å²) in [5.74, 6) is 0.409. The summed E-state index contributed by atoms with van der Waals surface area (Å²) >= 11 is 0. The number of fused-ring (bicyclic) bond motifs is 1. The van der Waals surface area contributed by atoms with Crippen molar-refractivity contribution in [1.82, 2.24) is 14.5 Å². The molecule has 0 spiro atoms. The molecule has 0 fully saturated rings. The predicted octanol–water partition coefficient (Wildman–Crippen LogP) is 14.1. The number of pyridine rings is 1. The molecular formula is C53H58N3OPt-. The van der Waals surface area contributed by atoms with Gasteiger partial charge in [-0.2, -0.15) is 0 Å². The van der Waals surface area contributed by atoms with E-state index < -0.39 is 31.4 Å². The van der Waals surface area contributed by atoms with Gasteiger partial charge in [-0.1, -0.05) is 160 Å². The van der Waals surface area contributed by atoms with E-state index in [4.69, 9.17) is 22.3 Å². The first kappa shape index (κ1) is 32.1. The molecular weight excluding hydrogens is 890 g/mol. The third kappa shape index (κ3) is 8.50. The average molecular weight is 957 g/mol. The number of phenols is 1. The summed E-state index contributed by atoms with van der Waals surface area (Å²) in [4.78, 5) is 10.2. The third-order valence-electron chi connectivity index (χ3n) is 10.7. The normalized spacial score (nSPS) is 15.4. The van der Waals surface area contributed by atoms with E-state index in [0.717, 1.165) is 44.6 Å². The van der Waals surface area contributed by atoms with Gasteiger partial charge in [0.15, 0.2) is 0 Å². The van der Waals surface area contributed by atoms with Gasteiger partial charge in [0.2, 0.25) is 0 Å². The second-order valence-corrected chi connectivity index (χ2v) is 18.4. The zero-order valence-corrected chi connectivity index (χ0v) is 37.3. The largest absolute Gasteiger partial charge is 0.507 e. The van der Waals surface area contributed by atoms with Crippen molar-refractivity contribution in [2.75, 3.05) is 0 Å². The molecule has 0 radical (unpaired) electrons. The molecule has 0 aliphatic rings. The number of aromatic nitrogens is 3. The number of hydrogen-bond donors (Lipinski definition) is 1. The van der Waals surface area contributed by atoms with Gasteiger partial charge in [-0.25, -0.2) is 4.98 Å². The fraction of sp³-hybridized carbons (Fsp3) is 0.321. The summed E-state index contributed by atoms with van der Waals surface area (Å²) in [6.45, 7) is 10.6. The van der Waals surface area contributed by atoms with E-state index in [-0.39, 0.29) is 43.2 Å². The molecule has 0 unspecified atom stereocenters. The molecule has 302 valence electrons. The molecule has 0 amide bonds. The van der Waals surface area contributed by atoms with Crippen molar-refractivity contribution in [3.63, 3.8) is 0 Å². The first-order valence-corrected chi connectivity index (χ1v) is 19.5. The molecule has 0 saturated carbocycles. The zero-order chi connectivity index (χ0) is 48.7. The Labute approximate surface area is 373 Å². The molecule has 7 aromatic rings. The van der Waals surface area contributed by atoms with Crippen LogP contribution in [0.1, 0.15) is 123 Å². The second kappa shape index (κ2) is 15.4. The van der Waals surface area contributed by atoms with Crippen molar-refractivity contribution in [1.29, 1.82) is 0 Å². The monoisotopic (exact) mass is 956 g/mol. The van der Waals surface area contributed by atoms with Crippen LogP contribution in [0, 0.1) is 13.0 Å². The standard InChI is InChI=1S/C53H58N3O.Pt/c1-33-17-19-34(20-18-33)35-25-26-54-45(30-35)37-27-36(28-39(29-37)51(5,6)7)42-15-14-16-46-47(42)55-49(56(46)41-23-21-38(22-24-41)50(2,3)4)43-31-40(52(8,9)10)32-44(48(43)57)53(11,12)13;/h14-26,28-32,57H,1-13H3;/q-1;/i2D3,3D3,4D3;. The minimum absolute atomic E-state index is 0. The summed E-state index contributed by atoms with van der Waals surface area (Å²) in [5, 5.41) is 12.3. The average Bonchev–Trinajstić information content (AvgIpc) is 3.58. The van der Waals surface area contributed by atoms with Crippen LogP contribution in [0.25, 0.3) is 61.6 Å². The number of benzene rings is 5. The van der Waals surface area contributed by atoms with E-state index in [1.807, 2.05) is 67.9 Å². The number of aryl methyl sites for hydroxylation is 1. The maximum atomic E-state index is 12.3. The van der Waals surface area contributed by atoms with E-state index in [0.29, 0.717) is 33.7 Å². The van der Waals surface area contributed by atoms with Crippen LogP contribution in [-0.4, -0.2) is 19.6 Å². The second-order valence-electron chi connectivity index (χ2n) is 18.4. The van der Waals surface area contributed by atoms with Crippen LogP contribution in [0.15, 0.2) is 109 Å². The molecule has 1 N–H and O–H groups in total. The summed E-state index contributed by atoms with van der Waals surface area (Å²) < 4.78 is 77.0. The number of para-hydroxylation sites is 1. The van der Waals surface area contributed by atoms with Gasteiger partial charge >= 0.3 is 0 Å². The van der Waals surface area contributed by atoms with E-state index in [2.05, 4.69) is 97.0 Å². The topological polar surface area (TPSA) is 50.9 Å². The summed E-state index contributed by atoms with van der Waals surface area (Å²) in [6, 6.07) is 35.7. The van der Waals surface area contributed by atoms with Crippen molar-refractivity contribution in [2.45, 2.75) is 111 Å². The zero-order valence-electron chi connectivity index (χ0n) is 44.0. The maximum absolute atomic E-state index is 12.3. The van der Waals surface area contributed by atoms with Crippen LogP contribution in [0.4, 0.5) is 0 Å². The van der Waals surface area contributed by atoms with Crippen molar-refractivity contribution in [2.24, 2.45) is 0 Å². The summed E-state index contributed by atoms with van der Waals surface area (Å²) in [6.07, 6.45) is 1.81. The Kier molecular flexibility index (Phi) is 8.54. The molecule has 5 heteroatoms. The number of hydrogen-bond acceptors (Lipinski definition) is 3. The van der Waals surface area contributed by atoms with Gasteiger partial charge in [-0.15, -0.1) is 29.3 Å². The molecule has 0 aliphatic carbocycles. The number of phenolic OH excluding ortho intramolecular Hbond substituents is 1. The van der Waals surface area contributed by atoms with Crippen LogP contribution in [-0.2, 0) is 42.7 Å². The van der Waals surface area contributed by atoms with E-state index >= 15 is 0 Å². The Morgan fingerprint density at radius 1 is 0.621 bits per heavy atom. The molecule has 4 nitrogen and oxygen atoms in total. The van der Waals surface area contributed by atoms with Crippen molar-refractivity contribution in [3.8, 4) is 56.3 Å². The van der Waals surface area contributed by atoms with E-state index in [1.165, 1.54) is 29.8 Å². The first-order valence-electron chi connectivity index (χ1n) is 24.0. The molecule has 2 aromatic heterocycles. The first-order chi connectivity index (χ1) is 30.3. The Balaban J connectivity index is 0.00000741. The predicted molar refractivity (Wildman–Crippen MR) is 241 cm³/mol. The van der Waals surface area contributed by atoms with Gasteiger partial charge in [0.1, 0.15) is 11.6 Å². The number of rotatable bonds is 5. The minimum atomic E-state index is -3.43. The van der Waals surface area contributed by atoms with Crippen molar-refractivity contribution >= 4 is 11.0 Å². The van der Waals surface area contributed by atoms with Gasteiger partial charge in [0, 0.05) is 56.5 Å². The molecule has 2 heterocycles. The van der Waals surface area contributed by atoms with Gasteiger partial charge in [0.25, 0.3) is 0 Å². The van der Waals surface area contributed by atoms with E-state index in [1.54, 1.807) is 0 Å². The fourth-order valence-corrected chi connectivity index (χ4v) is 7.22. The molecule has 0 saturated heterocycles. The van der Waals surface area contributed by atoms with Gasteiger partial charge in [-0.05, 0) is 81.2 Å². The number of aromatic hydroxyl groups is 1. The fourth-order valence-electron chi connectivity index (χ4n) is 7.22. The van der Waals surface area contributed by atoms with Crippen LogP contribution in [0.2, 0.25) is 0 Å². The summed E-state index contributed by atoms with van der Waals surface area (Å²) in [7, 11) is 0. The number of nitrogens with zero attached hydrogens (tertiary/aromatic N) is 3. The van der Waals surface area contributed by atoms with Gasteiger partial charge in [0.05, 0.1) is 16.6 Å². The van der Waals surface area contributed by atoms with Crippen LogP contribution < -0.4 is 0 Å². The minimum Gasteiger partial charge on any atom is -0.507 e. The van der Waals surface area contributed by atoms with Crippen LogP contribution in [0.3, 0.4) is 0 Å². The quantitative estimate of drug-likeness (QED) is 0.175. The molecule has 5 aromatic carbocycles. The Morgan fingerprint density at radius 2 is 1.26 bits per heavy atom. The van der Waals surface area contributed by atoms with Crippen LogP contribution in [0.5, 0.6) is 5.75 Å². The molecule has 58 heavy (non-hydrogen) atoms. The SMILES string of the molecule is [2H]C([2H])([2H])C(c1ccc(-n2c(-c3cc(C(C)(C)C)cc(C(C)(C)C)c3O)nc3c(-c4[c-]c(-c5cc(-c6ccc(C)cc6)ccn5)cc(C(C)(C)C)c4)cccc32)cc1)(C([2H])([2H])[2H])C([2H])([2H])[2H].[Pt]. The smallest absolute Gasteiger partial charge is 0.148 e. The molecule has 7 rings (SSSR count). The van der Waals surface area contributed by atoms with Crippen molar-refractivity contribution in [3.05, 3.63) is 143 Å². The van der Waals surface area contributed by atoms with Gasteiger partial charge in [-0.3, -0.25) is 9.55 Å². The molecule has 0 atom stereocenters. The van der Waals surface area contributed by atoms with Crippen molar-refractivity contribution < 1.29 is 38.5 Å². The third-order valence-corrected chi connectivity index (χ3v) is 10.7. The molecule has 0 aliphatic heterocycles. The summed E-state index contributed by atoms with van der Waals surface area (Å²) in [5.41, 5.74) is 6.50.